The number of aliphatic carboxylic acids is 1. The first-order valence-electron chi connectivity index (χ1n) is 5.65. The van der Waals surface area contributed by atoms with Gasteiger partial charge in [-0.2, -0.15) is 0 Å². The first kappa shape index (κ1) is 13.9. The Bertz CT molecular complexity index is 629. The molecule has 0 radical (unpaired) electrons. The minimum absolute atomic E-state index is 0.0275. The summed E-state index contributed by atoms with van der Waals surface area (Å²) in [5.41, 5.74) is 1.82. The van der Waals surface area contributed by atoms with Crippen LogP contribution < -0.4 is 4.87 Å². The summed E-state index contributed by atoms with van der Waals surface area (Å²) in [6, 6.07) is 0. The summed E-state index contributed by atoms with van der Waals surface area (Å²) < 4.78 is 1.94. The maximum atomic E-state index is 11.1. The van der Waals surface area contributed by atoms with Crippen molar-refractivity contribution in [2.45, 2.75) is 25.0 Å². The molecular weight excluding hydrogens is 286 g/mol. The van der Waals surface area contributed by atoms with Gasteiger partial charge in [-0.1, -0.05) is 30.0 Å². The van der Waals surface area contributed by atoms with Crippen molar-refractivity contribution in [3.05, 3.63) is 32.6 Å². The second kappa shape index (κ2) is 6.07. The average molecular weight is 299 g/mol. The van der Waals surface area contributed by atoms with Crippen LogP contribution in [0.4, 0.5) is 0 Å². The highest BCUT2D eigenvalue weighted by Crippen LogP contribution is 2.20. The zero-order valence-electron chi connectivity index (χ0n) is 10.3. The molecule has 0 spiro atoms. The number of nitrogens with zero attached hydrogens (tertiary/aromatic N) is 2. The van der Waals surface area contributed by atoms with E-state index in [1.165, 1.54) is 11.8 Å². The Morgan fingerprint density at radius 2 is 2.42 bits per heavy atom. The van der Waals surface area contributed by atoms with Crippen molar-refractivity contribution in [2.24, 2.45) is 0 Å². The molecule has 0 amide bonds. The number of imidazole rings is 1. The highest BCUT2D eigenvalue weighted by molar-refractivity contribution is 7.99. The molecule has 0 fully saturated rings. The van der Waals surface area contributed by atoms with Gasteiger partial charge in [0.15, 0.2) is 5.16 Å². The van der Waals surface area contributed by atoms with E-state index in [2.05, 4.69) is 9.97 Å². The summed E-state index contributed by atoms with van der Waals surface area (Å²) in [5.74, 6) is -0.901. The lowest BCUT2D eigenvalue weighted by molar-refractivity contribution is -0.133. The summed E-state index contributed by atoms with van der Waals surface area (Å²) in [5, 5.41) is 11.1. The van der Waals surface area contributed by atoms with Crippen LogP contribution in [-0.2, 0) is 17.8 Å². The second-order valence-corrected chi connectivity index (χ2v) is 5.61. The van der Waals surface area contributed by atoms with Gasteiger partial charge in [0.2, 0.25) is 0 Å². The van der Waals surface area contributed by atoms with Gasteiger partial charge in [-0.3, -0.25) is 9.59 Å². The number of aromatic nitrogens is 3. The number of thioether (sulfide) groups is 1. The van der Waals surface area contributed by atoms with E-state index < -0.39 is 5.97 Å². The molecule has 8 heteroatoms. The maximum absolute atomic E-state index is 11.1. The SMILES string of the molecule is CCc1cnc(SCC(=O)O)n1Cc1csc(=O)[nH]1. The Morgan fingerprint density at radius 1 is 1.63 bits per heavy atom. The Hall–Kier alpha value is -1.54. The molecule has 0 saturated carbocycles. The van der Waals surface area contributed by atoms with E-state index in [9.17, 15) is 9.59 Å². The fraction of sp³-hybridized carbons (Fsp3) is 0.364. The molecule has 2 N–H and O–H groups in total. The number of hydrogen-bond donors (Lipinski definition) is 2. The van der Waals surface area contributed by atoms with Gasteiger partial charge in [0.05, 0.1) is 12.3 Å². The first-order chi connectivity index (χ1) is 9.10. The molecule has 2 rings (SSSR count). The van der Waals surface area contributed by atoms with Crippen LogP contribution in [0.25, 0.3) is 0 Å². The molecule has 0 aromatic carbocycles. The number of H-pyrrole nitrogens is 1. The van der Waals surface area contributed by atoms with Crippen LogP contribution >= 0.6 is 23.1 Å². The monoisotopic (exact) mass is 299 g/mol. The molecule has 6 nitrogen and oxygen atoms in total. The standard InChI is InChI=1S/C11H13N3O3S2/c1-2-8-3-12-10(18-6-9(15)16)14(8)4-7-5-19-11(17)13-7/h3,5H,2,4,6H2,1H3,(H,13,17)(H,15,16). The van der Waals surface area contributed by atoms with Crippen LogP contribution in [0.2, 0.25) is 0 Å². The second-order valence-electron chi connectivity index (χ2n) is 3.83. The molecule has 102 valence electrons. The van der Waals surface area contributed by atoms with Gasteiger partial charge in [0.1, 0.15) is 0 Å². The van der Waals surface area contributed by atoms with E-state index >= 15 is 0 Å². The summed E-state index contributed by atoms with van der Waals surface area (Å²) in [4.78, 5) is 28.6. The highest BCUT2D eigenvalue weighted by Gasteiger charge is 2.12. The third kappa shape index (κ3) is 3.48. The van der Waals surface area contributed by atoms with Gasteiger partial charge in [0, 0.05) is 23.0 Å². The predicted octanol–water partition coefficient (Wildman–Crippen LogP) is 1.42. The van der Waals surface area contributed by atoms with Gasteiger partial charge in [-0.05, 0) is 6.42 Å². The van der Waals surface area contributed by atoms with Gasteiger partial charge in [-0.15, -0.1) is 0 Å². The number of nitrogens with one attached hydrogen (secondary N) is 1. The molecule has 0 bridgehead atoms. The molecule has 2 aromatic rings. The maximum Gasteiger partial charge on any atom is 0.313 e. The van der Waals surface area contributed by atoms with Crippen molar-refractivity contribution >= 4 is 29.1 Å². The molecule has 0 aliphatic carbocycles. The Morgan fingerprint density at radius 3 is 3.00 bits per heavy atom. The van der Waals surface area contributed by atoms with Crippen molar-refractivity contribution in [3.63, 3.8) is 0 Å². The molecule has 0 aliphatic rings. The number of aromatic amines is 1. The minimum Gasteiger partial charge on any atom is -0.481 e. The number of carboxylic acid groups (broad SMARTS) is 1. The molecule has 0 atom stereocenters. The van der Waals surface area contributed by atoms with Gasteiger partial charge in [0.25, 0.3) is 0 Å². The van der Waals surface area contributed by atoms with E-state index in [4.69, 9.17) is 5.11 Å². The quantitative estimate of drug-likeness (QED) is 0.788. The minimum atomic E-state index is -0.874. The van der Waals surface area contributed by atoms with E-state index in [1.54, 1.807) is 11.6 Å². The molecule has 2 heterocycles. The number of carboxylic acids is 1. The third-order valence-corrected chi connectivity index (χ3v) is 4.18. The highest BCUT2D eigenvalue weighted by atomic mass is 32.2. The van der Waals surface area contributed by atoms with Crippen molar-refractivity contribution in [1.29, 1.82) is 0 Å². The number of rotatable bonds is 6. The molecule has 19 heavy (non-hydrogen) atoms. The Labute approximate surface area is 117 Å². The Kier molecular flexibility index (Phi) is 4.43. The van der Waals surface area contributed by atoms with Gasteiger partial charge >= 0.3 is 10.8 Å². The summed E-state index contributed by atoms with van der Waals surface area (Å²) in [7, 11) is 0. The fourth-order valence-corrected chi connectivity index (χ4v) is 2.94. The van der Waals surface area contributed by atoms with E-state index in [0.29, 0.717) is 11.7 Å². The lowest BCUT2D eigenvalue weighted by atomic mass is 10.3. The molecule has 0 aliphatic heterocycles. The number of carbonyl (C=O) groups is 1. The van der Waals surface area contributed by atoms with Crippen molar-refractivity contribution < 1.29 is 9.90 Å². The van der Waals surface area contributed by atoms with E-state index in [-0.39, 0.29) is 10.6 Å². The van der Waals surface area contributed by atoms with Crippen LogP contribution in [0.1, 0.15) is 18.3 Å². The fourth-order valence-electron chi connectivity index (χ4n) is 1.65. The van der Waals surface area contributed by atoms with E-state index in [0.717, 1.165) is 29.1 Å². The van der Waals surface area contributed by atoms with Gasteiger partial charge < -0.3 is 14.7 Å². The van der Waals surface area contributed by atoms with Crippen LogP contribution in [0.5, 0.6) is 0 Å². The van der Waals surface area contributed by atoms with Crippen LogP contribution in [0, 0.1) is 0 Å². The van der Waals surface area contributed by atoms with Crippen molar-refractivity contribution in [2.75, 3.05) is 5.75 Å². The van der Waals surface area contributed by atoms with Crippen LogP contribution in [0.15, 0.2) is 21.5 Å². The third-order valence-electron chi connectivity index (χ3n) is 2.49. The lowest BCUT2D eigenvalue weighted by Gasteiger charge is -2.08. The largest absolute Gasteiger partial charge is 0.481 e. The van der Waals surface area contributed by atoms with Crippen LogP contribution in [-0.4, -0.2) is 31.4 Å². The summed E-state index contributed by atoms with van der Waals surface area (Å²) >= 11 is 2.30. The molecule has 0 unspecified atom stereocenters. The van der Waals surface area contributed by atoms with Crippen molar-refractivity contribution in [1.82, 2.24) is 14.5 Å². The zero-order valence-corrected chi connectivity index (χ0v) is 11.9. The molecule has 2 aromatic heterocycles. The normalized spacial score (nSPS) is 10.8. The average Bonchev–Trinajstić information content (AvgIpc) is 2.94. The summed E-state index contributed by atoms with van der Waals surface area (Å²) in [6.45, 7) is 2.51. The number of thiazole rings is 1. The zero-order chi connectivity index (χ0) is 13.8. The number of hydrogen-bond acceptors (Lipinski definition) is 5. The topological polar surface area (TPSA) is 88.0 Å². The Balaban J connectivity index is 2.23. The smallest absolute Gasteiger partial charge is 0.313 e. The van der Waals surface area contributed by atoms with Crippen LogP contribution in [0.3, 0.4) is 0 Å². The molecular formula is C11H13N3O3S2. The van der Waals surface area contributed by atoms with E-state index in [1.807, 2.05) is 11.5 Å². The predicted molar refractivity (Wildman–Crippen MR) is 74.0 cm³/mol. The number of aryl methyl sites for hydroxylation is 1. The molecule has 0 saturated heterocycles. The first-order valence-corrected chi connectivity index (χ1v) is 7.52. The van der Waals surface area contributed by atoms with Gasteiger partial charge in [-0.25, -0.2) is 4.98 Å². The summed E-state index contributed by atoms with van der Waals surface area (Å²) in [6.07, 6.45) is 2.55. The van der Waals surface area contributed by atoms with Crippen molar-refractivity contribution in [3.8, 4) is 0 Å². The lowest BCUT2D eigenvalue weighted by Crippen LogP contribution is -2.08.